The first-order chi connectivity index (χ1) is 12.1. The Morgan fingerprint density at radius 1 is 0.920 bits per heavy atom. The van der Waals surface area contributed by atoms with E-state index < -0.39 is 0 Å². The summed E-state index contributed by atoms with van der Waals surface area (Å²) in [5.74, 6) is -0.720. The summed E-state index contributed by atoms with van der Waals surface area (Å²) in [7, 11) is 0. The highest BCUT2D eigenvalue weighted by Crippen LogP contribution is 2.22. The van der Waals surface area contributed by atoms with Gasteiger partial charge in [0.2, 0.25) is 0 Å². The van der Waals surface area contributed by atoms with Crippen molar-refractivity contribution in [2.45, 2.75) is 0 Å². The maximum absolute atomic E-state index is 13.5. The normalized spacial score (nSPS) is 15.0. The molecule has 6 heteroatoms. The van der Waals surface area contributed by atoms with Crippen molar-refractivity contribution in [3.8, 4) is 0 Å². The lowest BCUT2D eigenvalue weighted by molar-refractivity contribution is 0.0749. The lowest BCUT2D eigenvalue weighted by atomic mass is 10.1. The molecule has 1 aliphatic heterocycles. The zero-order valence-electron chi connectivity index (χ0n) is 13.5. The molecule has 0 bridgehead atoms. The smallest absolute Gasteiger partial charge is 0.256 e. The minimum absolute atomic E-state index is 0.101. The monoisotopic (exact) mass is 341 g/mol. The van der Waals surface area contributed by atoms with E-state index in [1.165, 1.54) is 24.3 Å². The van der Waals surface area contributed by atoms with Gasteiger partial charge in [-0.3, -0.25) is 4.79 Å². The van der Waals surface area contributed by atoms with E-state index in [0.29, 0.717) is 37.1 Å². The van der Waals surface area contributed by atoms with Crippen LogP contribution >= 0.6 is 0 Å². The summed E-state index contributed by atoms with van der Waals surface area (Å²) in [6.07, 6.45) is 1.64. The van der Waals surface area contributed by atoms with Crippen LogP contribution in [0.4, 0.5) is 14.5 Å². The van der Waals surface area contributed by atoms with Gasteiger partial charge in [-0.15, -0.1) is 0 Å². The number of H-pyrrole nitrogens is 1. The van der Waals surface area contributed by atoms with Gasteiger partial charge in [-0.1, -0.05) is 0 Å². The van der Waals surface area contributed by atoms with E-state index >= 15 is 0 Å². The van der Waals surface area contributed by atoms with Crippen LogP contribution in [0.1, 0.15) is 10.4 Å². The number of hydrogen-bond acceptors (Lipinski definition) is 2. The molecule has 1 N–H and O–H groups in total. The number of hydrogen-bond donors (Lipinski definition) is 1. The Balaban J connectivity index is 1.49. The van der Waals surface area contributed by atoms with Crippen molar-refractivity contribution in [1.82, 2.24) is 9.88 Å². The van der Waals surface area contributed by atoms with Gasteiger partial charge in [0.05, 0.1) is 5.56 Å². The summed E-state index contributed by atoms with van der Waals surface area (Å²) in [5.41, 5.74) is 2.18. The van der Waals surface area contributed by atoms with Gasteiger partial charge in [0.15, 0.2) is 0 Å². The number of halogens is 2. The molecule has 1 amide bonds. The van der Waals surface area contributed by atoms with Crippen molar-refractivity contribution in [1.29, 1.82) is 0 Å². The molecule has 0 spiro atoms. The number of nitrogens with one attached hydrogen (secondary N) is 1. The minimum Gasteiger partial charge on any atom is -0.368 e. The van der Waals surface area contributed by atoms with Crippen LogP contribution in [0.25, 0.3) is 10.9 Å². The SMILES string of the molecule is O=C(c1c[nH]c2ccc(F)cc12)N1CCN(c2ccc(F)cc2)CC1. The molecule has 2 heterocycles. The molecule has 128 valence electrons. The van der Waals surface area contributed by atoms with E-state index in [1.54, 1.807) is 29.3 Å². The molecule has 0 saturated carbocycles. The third-order valence-corrected chi connectivity index (χ3v) is 4.63. The summed E-state index contributed by atoms with van der Waals surface area (Å²) in [6.45, 7) is 2.48. The molecule has 2 aromatic carbocycles. The number of aromatic amines is 1. The number of carbonyl (C=O) groups excluding carboxylic acids is 1. The van der Waals surface area contributed by atoms with Crippen LogP contribution in [0.3, 0.4) is 0 Å². The Bertz CT molecular complexity index is 912. The van der Waals surface area contributed by atoms with Crippen molar-refractivity contribution < 1.29 is 13.6 Å². The van der Waals surface area contributed by atoms with Gasteiger partial charge in [-0.25, -0.2) is 8.78 Å². The summed E-state index contributed by atoms with van der Waals surface area (Å²) in [5, 5.41) is 0.603. The average Bonchev–Trinajstić information content (AvgIpc) is 3.05. The van der Waals surface area contributed by atoms with Gasteiger partial charge in [-0.2, -0.15) is 0 Å². The van der Waals surface area contributed by atoms with Crippen LogP contribution in [0, 0.1) is 11.6 Å². The first-order valence-corrected chi connectivity index (χ1v) is 8.18. The number of fused-ring (bicyclic) bond motifs is 1. The average molecular weight is 341 g/mol. The minimum atomic E-state index is -0.359. The van der Waals surface area contributed by atoms with Crippen molar-refractivity contribution in [2.75, 3.05) is 31.1 Å². The molecule has 25 heavy (non-hydrogen) atoms. The molecule has 0 aliphatic carbocycles. The number of nitrogens with zero attached hydrogens (tertiary/aromatic N) is 2. The lowest BCUT2D eigenvalue weighted by Crippen LogP contribution is -2.48. The van der Waals surface area contributed by atoms with Gasteiger partial charge in [0.1, 0.15) is 11.6 Å². The fourth-order valence-electron chi connectivity index (χ4n) is 3.26. The van der Waals surface area contributed by atoms with Crippen LogP contribution in [0.5, 0.6) is 0 Å². The number of aromatic nitrogens is 1. The van der Waals surface area contributed by atoms with Crippen LogP contribution < -0.4 is 4.90 Å². The first-order valence-electron chi connectivity index (χ1n) is 8.18. The predicted octanol–water partition coefficient (Wildman–Crippen LogP) is 3.41. The molecular formula is C19H17F2N3O. The fraction of sp³-hybridized carbons (Fsp3) is 0.211. The second kappa shape index (κ2) is 6.20. The van der Waals surface area contributed by atoms with Gasteiger partial charge in [0.25, 0.3) is 5.91 Å². The van der Waals surface area contributed by atoms with Crippen LogP contribution in [0.2, 0.25) is 0 Å². The molecule has 0 unspecified atom stereocenters. The Kier molecular flexibility index (Phi) is 3.87. The van der Waals surface area contributed by atoms with Gasteiger partial charge < -0.3 is 14.8 Å². The van der Waals surface area contributed by atoms with E-state index in [0.717, 1.165) is 11.2 Å². The number of piperazine rings is 1. The maximum Gasteiger partial charge on any atom is 0.256 e. The molecule has 1 fully saturated rings. The quantitative estimate of drug-likeness (QED) is 0.776. The zero-order valence-corrected chi connectivity index (χ0v) is 13.5. The predicted molar refractivity (Wildman–Crippen MR) is 92.8 cm³/mol. The van der Waals surface area contributed by atoms with E-state index in [2.05, 4.69) is 9.88 Å². The number of anilines is 1. The summed E-state index contributed by atoms with van der Waals surface area (Å²) < 4.78 is 26.5. The highest BCUT2D eigenvalue weighted by Gasteiger charge is 2.24. The first kappa shape index (κ1) is 15.6. The molecule has 0 atom stereocenters. The largest absolute Gasteiger partial charge is 0.368 e. The number of benzene rings is 2. The summed E-state index contributed by atoms with van der Waals surface area (Å²) >= 11 is 0. The third kappa shape index (κ3) is 2.95. The third-order valence-electron chi connectivity index (χ3n) is 4.63. The van der Waals surface area contributed by atoms with E-state index in [9.17, 15) is 13.6 Å². The second-order valence-corrected chi connectivity index (χ2v) is 6.15. The van der Waals surface area contributed by atoms with Gasteiger partial charge >= 0.3 is 0 Å². The van der Waals surface area contributed by atoms with Crippen molar-refractivity contribution in [3.05, 3.63) is 65.9 Å². The topological polar surface area (TPSA) is 39.3 Å². The molecule has 1 aromatic heterocycles. The standard InChI is InChI=1S/C19H17F2N3O/c20-13-1-4-15(5-2-13)23-7-9-24(10-8-23)19(25)17-12-22-18-6-3-14(21)11-16(17)18/h1-6,11-12,22H,7-10H2. The van der Waals surface area contributed by atoms with E-state index in [4.69, 9.17) is 0 Å². The van der Waals surface area contributed by atoms with Gasteiger partial charge in [0, 0.05) is 49.0 Å². The van der Waals surface area contributed by atoms with Crippen molar-refractivity contribution >= 4 is 22.5 Å². The summed E-state index contributed by atoms with van der Waals surface area (Å²) in [6, 6.07) is 10.8. The molecule has 0 radical (unpaired) electrons. The maximum atomic E-state index is 13.5. The van der Waals surface area contributed by atoms with Crippen molar-refractivity contribution in [3.63, 3.8) is 0 Å². The van der Waals surface area contributed by atoms with Crippen LogP contribution in [-0.2, 0) is 0 Å². The fourth-order valence-corrected chi connectivity index (χ4v) is 3.26. The molecule has 3 aromatic rings. The molecule has 1 aliphatic rings. The summed E-state index contributed by atoms with van der Waals surface area (Å²) in [4.78, 5) is 19.7. The molecular weight excluding hydrogens is 324 g/mol. The highest BCUT2D eigenvalue weighted by atomic mass is 19.1. The van der Waals surface area contributed by atoms with Crippen LogP contribution in [-0.4, -0.2) is 42.0 Å². The van der Waals surface area contributed by atoms with Crippen molar-refractivity contribution in [2.24, 2.45) is 0 Å². The highest BCUT2D eigenvalue weighted by molar-refractivity contribution is 6.06. The van der Waals surface area contributed by atoms with Gasteiger partial charge in [-0.05, 0) is 42.5 Å². The molecule has 4 rings (SSSR count). The molecule has 4 nitrogen and oxygen atoms in total. The number of rotatable bonds is 2. The Labute approximate surface area is 143 Å². The number of carbonyl (C=O) groups is 1. The molecule has 1 saturated heterocycles. The van der Waals surface area contributed by atoms with E-state index in [-0.39, 0.29) is 17.5 Å². The Morgan fingerprint density at radius 3 is 2.32 bits per heavy atom. The van der Waals surface area contributed by atoms with E-state index in [1.807, 2.05) is 0 Å². The second-order valence-electron chi connectivity index (χ2n) is 6.15. The lowest BCUT2D eigenvalue weighted by Gasteiger charge is -2.36. The van der Waals surface area contributed by atoms with Crippen LogP contribution in [0.15, 0.2) is 48.7 Å². The Hall–Kier alpha value is -2.89. The Morgan fingerprint density at radius 2 is 1.60 bits per heavy atom. The zero-order chi connectivity index (χ0) is 17.4. The number of amides is 1.